The molecule has 2 heterocycles. The van der Waals surface area contributed by atoms with Gasteiger partial charge in [0.15, 0.2) is 0 Å². The largest absolute Gasteiger partial charge is 0.508 e. The molecule has 37 heavy (non-hydrogen) atoms. The van der Waals surface area contributed by atoms with Gasteiger partial charge in [0.2, 0.25) is 0 Å². The fraction of sp³-hybridized carbons (Fsp3) is 0.133. The molecule has 6 rings (SSSR count). The zero-order chi connectivity index (χ0) is 25.4. The molecular weight excluding hydrogens is 466 g/mol. The number of amidine groups is 1. The number of amides is 1. The standard InChI is InChI=1S/C30H25N3O4/c34-25-14-12-23(13-15-25)27-19-33-28(26(31-27)17-20-6-2-1-3-7-20)32-30(37-36,29(33)35)18-21-10-11-22-8-4-5-9-24(22)16-21/h1-16,19,26,31,34,36H,17-18H2/t26-,30+/m0/s1. The highest BCUT2D eigenvalue weighted by Crippen LogP contribution is 2.34. The van der Waals surface area contributed by atoms with E-state index < -0.39 is 11.6 Å². The van der Waals surface area contributed by atoms with Gasteiger partial charge in [-0.05, 0) is 58.1 Å². The van der Waals surface area contributed by atoms with Gasteiger partial charge < -0.3 is 10.4 Å². The van der Waals surface area contributed by atoms with E-state index in [2.05, 4.69) is 5.32 Å². The lowest BCUT2D eigenvalue weighted by Gasteiger charge is -2.31. The van der Waals surface area contributed by atoms with E-state index in [1.165, 1.54) is 4.90 Å². The monoisotopic (exact) mass is 491 g/mol. The van der Waals surface area contributed by atoms with Crippen LogP contribution in [-0.2, 0) is 22.5 Å². The zero-order valence-electron chi connectivity index (χ0n) is 19.9. The molecule has 0 aromatic heterocycles. The van der Waals surface area contributed by atoms with Crippen LogP contribution in [0.4, 0.5) is 0 Å². The van der Waals surface area contributed by atoms with Gasteiger partial charge in [0, 0.05) is 12.6 Å². The molecule has 3 N–H and O–H groups in total. The van der Waals surface area contributed by atoms with Gasteiger partial charge in [-0.15, -0.1) is 0 Å². The lowest BCUT2D eigenvalue weighted by Crippen LogP contribution is -2.50. The highest BCUT2D eigenvalue weighted by atomic mass is 17.1. The summed E-state index contributed by atoms with van der Waals surface area (Å²) >= 11 is 0. The summed E-state index contributed by atoms with van der Waals surface area (Å²) in [5.74, 6) is 0.170. The number of nitrogens with one attached hydrogen (secondary N) is 1. The molecule has 184 valence electrons. The number of carbonyl (C=O) groups is 1. The number of phenolic OH excluding ortho intramolecular Hbond substituents is 1. The van der Waals surface area contributed by atoms with Crippen molar-refractivity contribution in [2.24, 2.45) is 4.99 Å². The second kappa shape index (κ2) is 9.20. The van der Waals surface area contributed by atoms with Crippen LogP contribution in [0.1, 0.15) is 16.7 Å². The molecular formula is C30H25N3O4. The van der Waals surface area contributed by atoms with Gasteiger partial charge >= 0.3 is 0 Å². The first-order valence-corrected chi connectivity index (χ1v) is 12.1. The van der Waals surface area contributed by atoms with Crippen molar-refractivity contribution in [3.63, 3.8) is 0 Å². The number of fused-ring (bicyclic) bond motifs is 2. The van der Waals surface area contributed by atoms with Crippen LogP contribution in [0.15, 0.2) is 108 Å². The van der Waals surface area contributed by atoms with Crippen LogP contribution in [-0.4, -0.2) is 38.8 Å². The van der Waals surface area contributed by atoms with Crippen LogP contribution < -0.4 is 5.32 Å². The zero-order valence-corrected chi connectivity index (χ0v) is 19.9. The minimum atomic E-state index is -1.80. The van der Waals surface area contributed by atoms with Gasteiger partial charge in [-0.25, -0.2) is 10.2 Å². The average Bonchev–Trinajstić information content (AvgIpc) is 3.21. The van der Waals surface area contributed by atoms with E-state index in [4.69, 9.17) is 9.88 Å². The molecule has 2 aliphatic heterocycles. The Morgan fingerprint density at radius 2 is 1.62 bits per heavy atom. The number of rotatable bonds is 6. The van der Waals surface area contributed by atoms with E-state index in [1.54, 1.807) is 30.5 Å². The number of benzene rings is 4. The van der Waals surface area contributed by atoms with Crippen molar-refractivity contribution < 1.29 is 20.0 Å². The lowest BCUT2D eigenvalue weighted by molar-refractivity contribution is -0.308. The highest BCUT2D eigenvalue weighted by Gasteiger charge is 2.52. The summed E-state index contributed by atoms with van der Waals surface area (Å²) in [6.07, 6.45) is 2.32. The van der Waals surface area contributed by atoms with Gasteiger partial charge in [0.1, 0.15) is 11.6 Å². The summed E-state index contributed by atoms with van der Waals surface area (Å²) in [4.78, 5) is 24.9. The van der Waals surface area contributed by atoms with E-state index in [0.717, 1.165) is 27.5 Å². The second-order valence-electron chi connectivity index (χ2n) is 9.36. The SMILES string of the molecule is O=C1N2C=C(c3ccc(O)cc3)N[C@@H](Cc3ccccc3)C2=N[C@]1(Cc1ccc2ccccc2c1)OO. The number of hydrogen-bond acceptors (Lipinski definition) is 6. The minimum absolute atomic E-state index is 0.0770. The van der Waals surface area contributed by atoms with Crippen molar-refractivity contribution in [3.8, 4) is 5.75 Å². The topological polar surface area (TPSA) is 94.4 Å². The van der Waals surface area contributed by atoms with Crippen LogP contribution in [0.25, 0.3) is 16.5 Å². The first-order chi connectivity index (χ1) is 18.0. The van der Waals surface area contributed by atoms with Crippen molar-refractivity contribution in [3.05, 3.63) is 120 Å². The number of carbonyl (C=O) groups excluding carboxylic acids is 1. The number of aliphatic imine (C=N–C) groups is 1. The summed E-state index contributed by atoms with van der Waals surface area (Å²) in [5.41, 5.74) is 1.60. The molecule has 4 aromatic rings. The molecule has 2 atom stereocenters. The molecule has 2 aliphatic rings. The van der Waals surface area contributed by atoms with E-state index in [0.29, 0.717) is 18.0 Å². The first kappa shape index (κ1) is 23.0. The van der Waals surface area contributed by atoms with Crippen LogP contribution in [0, 0.1) is 0 Å². The normalized spacial score (nSPS) is 20.8. The Morgan fingerprint density at radius 3 is 2.38 bits per heavy atom. The summed E-state index contributed by atoms with van der Waals surface area (Å²) < 4.78 is 0. The predicted molar refractivity (Wildman–Crippen MR) is 142 cm³/mol. The van der Waals surface area contributed by atoms with Crippen LogP contribution >= 0.6 is 0 Å². The maximum Gasteiger partial charge on any atom is 0.290 e. The van der Waals surface area contributed by atoms with Crippen LogP contribution in [0.3, 0.4) is 0 Å². The fourth-order valence-corrected chi connectivity index (χ4v) is 4.99. The molecule has 0 radical (unpaired) electrons. The number of aromatic hydroxyl groups is 1. The van der Waals surface area contributed by atoms with Crippen molar-refractivity contribution >= 4 is 28.2 Å². The lowest BCUT2D eigenvalue weighted by atomic mass is 9.99. The molecule has 7 nitrogen and oxygen atoms in total. The quantitative estimate of drug-likeness (QED) is 0.268. The summed E-state index contributed by atoms with van der Waals surface area (Å²) in [5, 5.41) is 25.4. The predicted octanol–water partition coefficient (Wildman–Crippen LogP) is 4.73. The Kier molecular flexibility index (Phi) is 5.71. The van der Waals surface area contributed by atoms with E-state index >= 15 is 0 Å². The molecule has 4 aromatic carbocycles. The Morgan fingerprint density at radius 1 is 0.892 bits per heavy atom. The van der Waals surface area contributed by atoms with Gasteiger partial charge in [0.05, 0.1) is 11.7 Å². The van der Waals surface area contributed by atoms with Crippen molar-refractivity contribution in [1.29, 1.82) is 0 Å². The Bertz CT molecular complexity index is 1530. The number of nitrogens with zero attached hydrogens (tertiary/aromatic N) is 2. The maximum absolute atomic E-state index is 13.8. The Hall–Kier alpha value is -4.46. The molecule has 7 heteroatoms. The maximum atomic E-state index is 13.8. The van der Waals surface area contributed by atoms with Crippen LogP contribution in [0.5, 0.6) is 5.75 Å². The third-order valence-corrected chi connectivity index (χ3v) is 6.86. The fourth-order valence-electron chi connectivity index (χ4n) is 4.99. The molecule has 1 amide bonds. The number of phenols is 1. The molecule has 0 bridgehead atoms. The van der Waals surface area contributed by atoms with E-state index in [9.17, 15) is 15.2 Å². The van der Waals surface area contributed by atoms with Crippen molar-refractivity contribution in [2.45, 2.75) is 24.6 Å². The minimum Gasteiger partial charge on any atom is -0.508 e. The Labute approximate surface area is 213 Å². The number of hydrogen-bond donors (Lipinski definition) is 3. The molecule has 0 aliphatic carbocycles. The summed E-state index contributed by atoms with van der Waals surface area (Å²) in [6, 6.07) is 30.2. The second-order valence-corrected chi connectivity index (χ2v) is 9.36. The average molecular weight is 492 g/mol. The smallest absolute Gasteiger partial charge is 0.290 e. The molecule has 0 spiro atoms. The van der Waals surface area contributed by atoms with E-state index in [1.807, 2.05) is 72.8 Å². The summed E-state index contributed by atoms with van der Waals surface area (Å²) in [6.45, 7) is 0. The molecule has 0 saturated carbocycles. The van der Waals surface area contributed by atoms with Gasteiger partial charge in [0.25, 0.3) is 11.6 Å². The van der Waals surface area contributed by atoms with Crippen molar-refractivity contribution in [2.75, 3.05) is 0 Å². The van der Waals surface area contributed by atoms with Crippen LogP contribution in [0.2, 0.25) is 0 Å². The first-order valence-electron chi connectivity index (χ1n) is 12.1. The van der Waals surface area contributed by atoms with E-state index in [-0.39, 0.29) is 18.2 Å². The third-order valence-electron chi connectivity index (χ3n) is 6.86. The molecule has 0 fully saturated rings. The molecule has 0 saturated heterocycles. The van der Waals surface area contributed by atoms with Crippen molar-refractivity contribution in [1.82, 2.24) is 10.2 Å². The third kappa shape index (κ3) is 4.24. The van der Waals surface area contributed by atoms with Gasteiger partial charge in [-0.2, -0.15) is 4.89 Å². The summed E-state index contributed by atoms with van der Waals surface area (Å²) in [7, 11) is 0. The van der Waals surface area contributed by atoms with Gasteiger partial charge in [-0.3, -0.25) is 9.69 Å². The van der Waals surface area contributed by atoms with Gasteiger partial charge in [-0.1, -0.05) is 72.8 Å². The highest BCUT2D eigenvalue weighted by molar-refractivity contribution is 6.12. The Balaban J connectivity index is 1.40. The molecule has 0 unspecified atom stereocenters.